The SMILES string of the molecule is CCOc1ccc(NC(=O)c2cn[nH]c2C)c(C)c1. The number of hydrogen-bond acceptors (Lipinski definition) is 3. The molecule has 2 aromatic rings. The highest BCUT2D eigenvalue weighted by Crippen LogP contribution is 2.22. The lowest BCUT2D eigenvalue weighted by Crippen LogP contribution is -2.13. The van der Waals surface area contributed by atoms with Crippen LogP contribution in [0.5, 0.6) is 5.75 Å². The fraction of sp³-hybridized carbons (Fsp3) is 0.286. The van der Waals surface area contributed by atoms with Gasteiger partial charge in [0.15, 0.2) is 0 Å². The summed E-state index contributed by atoms with van der Waals surface area (Å²) in [6.45, 7) is 6.30. The minimum absolute atomic E-state index is 0.168. The zero-order valence-electron chi connectivity index (χ0n) is 11.3. The lowest BCUT2D eigenvalue weighted by Gasteiger charge is -2.10. The van der Waals surface area contributed by atoms with Crippen LogP contribution in [0.3, 0.4) is 0 Å². The van der Waals surface area contributed by atoms with E-state index in [1.165, 1.54) is 6.20 Å². The Morgan fingerprint density at radius 2 is 2.21 bits per heavy atom. The summed E-state index contributed by atoms with van der Waals surface area (Å²) < 4.78 is 5.41. The molecule has 0 saturated heterocycles. The molecule has 19 heavy (non-hydrogen) atoms. The molecular formula is C14H17N3O2. The second-order valence-corrected chi connectivity index (χ2v) is 4.27. The Morgan fingerprint density at radius 1 is 1.42 bits per heavy atom. The smallest absolute Gasteiger partial charge is 0.259 e. The molecule has 0 unspecified atom stereocenters. The first-order valence-electron chi connectivity index (χ1n) is 6.16. The fourth-order valence-electron chi connectivity index (χ4n) is 1.80. The number of ether oxygens (including phenoxy) is 1. The molecule has 0 atom stereocenters. The van der Waals surface area contributed by atoms with Gasteiger partial charge in [-0.05, 0) is 44.5 Å². The first-order chi connectivity index (χ1) is 9.11. The monoisotopic (exact) mass is 259 g/mol. The van der Waals surface area contributed by atoms with Crippen molar-refractivity contribution in [1.82, 2.24) is 10.2 Å². The minimum Gasteiger partial charge on any atom is -0.494 e. The summed E-state index contributed by atoms with van der Waals surface area (Å²) in [5.41, 5.74) is 3.03. The number of aromatic amines is 1. The molecule has 0 saturated carbocycles. The number of benzene rings is 1. The number of H-pyrrole nitrogens is 1. The molecular weight excluding hydrogens is 242 g/mol. The highest BCUT2D eigenvalue weighted by molar-refractivity contribution is 6.05. The van der Waals surface area contributed by atoms with Gasteiger partial charge in [-0.15, -0.1) is 0 Å². The molecule has 100 valence electrons. The molecule has 0 bridgehead atoms. The van der Waals surface area contributed by atoms with Crippen LogP contribution >= 0.6 is 0 Å². The average molecular weight is 259 g/mol. The van der Waals surface area contributed by atoms with Gasteiger partial charge < -0.3 is 10.1 Å². The highest BCUT2D eigenvalue weighted by Gasteiger charge is 2.12. The molecule has 0 aliphatic carbocycles. The van der Waals surface area contributed by atoms with Crippen molar-refractivity contribution in [2.45, 2.75) is 20.8 Å². The topological polar surface area (TPSA) is 67.0 Å². The van der Waals surface area contributed by atoms with Gasteiger partial charge >= 0.3 is 0 Å². The summed E-state index contributed by atoms with van der Waals surface area (Å²) >= 11 is 0. The molecule has 5 nitrogen and oxygen atoms in total. The van der Waals surface area contributed by atoms with Crippen molar-refractivity contribution < 1.29 is 9.53 Å². The number of carbonyl (C=O) groups excluding carboxylic acids is 1. The number of nitrogens with zero attached hydrogens (tertiary/aromatic N) is 1. The van der Waals surface area contributed by atoms with Gasteiger partial charge in [-0.25, -0.2) is 0 Å². The van der Waals surface area contributed by atoms with Gasteiger partial charge in [-0.1, -0.05) is 0 Å². The van der Waals surface area contributed by atoms with Gasteiger partial charge in [0.05, 0.1) is 18.4 Å². The van der Waals surface area contributed by atoms with Crippen molar-refractivity contribution in [2.75, 3.05) is 11.9 Å². The Kier molecular flexibility index (Phi) is 3.85. The quantitative estimate of drug-likeness (QED) is 0.887. The second kappa shape index (κ2) is 5.56. The van der Waals surface area contributed by atoms with E-state index >= 15 is 0 Å². The number of hydrogen-bond donors (Lipinski definition) is 2. The lowest BCUT2D eigenvalue weighted by molar-refractivity contribution is 0.102. The Bertz CT molecular complexity index is 590. The first-order valence-corrected chi connectivity index (χ1v) is 6.16. The van der Waals surface area contributed by atoms with Crippen molar-refractivity contribution in [2.24, 2.45) is 0 Å². The molecule has 0 fully saturated rings. The van der Waals surface area contributed by atoms with Crippen LogP contribution in [0.2, 0.25) is 0 Å². The third-order valence-corrected chi connectivity index (χ3v) is 2.83. The summed E-state index contributed by atoms with van der Waals surface area (Å²) in [5, 5.41) is 9.45. The normalized spacial score (nSPS) is 10.3. The summed E-state index contributed by atoms with van der Waals surface area (Å²) in [6, 6.07) is 5.59. The van der Waals surface area contributed by atoms with Gasteiger partial charge in [0.25, 0.3) is 5.91 Å². The van der Waals surface area contributed by atoms with E-state index in [0.29, 0.717) is 12.2 Å². The molecule has 0 radical (unpaired) electrons. The maximum absolute atomic E-state index is 12.1. The Morgan fingerprint density at radius 3 is 2.79 bits per heavy atom. The van der Waals surface area contributed by atoms with Gasteiger partial charge in [0.1, 0.15) is 5.75 Å². The molecule has 5 heteroatoms. The van der Waals surface area contributed by atoms with E-state index in [1.54, 1.807) is 0 Å². The second-order valence-electron chi connectivity index (χ2n) is 4.27. The van der Waals surface area contributed by atoms with Gasteiger partial charge in [-0.3, -0.25) is 9.89 Å². The maximum Gasteiger partial charge on any atom is 0.259 e. The van der Waals surface area contributed by atoms with E-state index in [2.05, 4.69) is 15.5 Å². The van der Waals surface area contributed by atoms with E-state index in [-0.39, 0.29) is 5.91 Å². The Hall–Kier alpha value is -2.30. The van der Waals surface area contributed by atoms with E-state index in [9.17, 15) is 4.79 Å². The predicted octanol–water partition coefficient (Wildman–Crippen LogP) is 2.68. The predicted molar refractivity (Wildman–Crippen MR) is 73.6 cm³/mol. The molecule has 0 aliphatic rings. The molecule has 1 aromatic carbocycles. The molecule has 1 aromatic heterocycles. The molecule has 2 N–H and O–H groups in total. The molecule has 0 spiro atoms. The van der Waals surface area contributed by atoms with Crippen molar-refractivity contribution in [3.8, 4) is 5.75 Å². The van der Waals surface area contributed by atoms with Gasteiger partial charge in [0.2, 0.25) is 0 Å². The van der Waals surface area contributed by atoms with E-state index < -0.39 is 0 Å². The largest absolute Gasteiger partial charge is 0.494 e. The number of amides is 1. The Balaban J connectivity index is 2.15. The third kappa shape index (κ3) is 2.93. The van der Waals surface area contributed by atoms with Crippen LogP contribution in [0, 0.1) is 13.8 Å². The number of carbonyl (C=O) groups is 1. The Labute approximate surface area is 112 Å². The van der Waals surface area contributed by atoms with Gasteiger partial charge in [0, 0.05) is 11.4 Å². The van der Waals surface area contributed by atoms with E-state index in [1.807, 2.05) is 39.0 Å². The van der Waals surface area contributed by atoms with Crippen LogP contribution in [-0.4, -0.2) is 22.7 Å². The van der Waals surface area contributed by atoms with Crippen LogP contribution in [-0.2, 0) is 0 Å². The summed E-state index contributed by atoms with van der Waals surface area (Å²) in [6.07, 6.45) is 1.52. The number of anilines is 1. The van der Waals surface area contributed by atoms with E-state index in [4.69, 9.17) is 4.74 Å². The van der Waals surface area contributed by atoms with Gasteiger partial charge in [-0.2, -0.15) is 5.10 Å². The first kappa shape index (κ1) is 13.1. The molecule has 2 rings (SSSR count). The zero-order chi connectivity index (χ0) is 13.8. The van der Waals surface area contributed by atoms with Crippen molar-refractivity contribution >= 4 is 11.6 Å². The van der Waals surface area contributed by atoms with Crippen LogP contribution in [0.15, 0.2) is 24.4 Å². The third-order valence-electron chi connectivity index (χ3n) is 2.83. The van der Waals surface area contributed by atoms with Crippen LogP contribution in [0.1, 0.15) is 28.5 Å². The summed E-state index contributed by atoms with van der Waals surface area (Å²) in [4.78, 5) is 12.1. The van der Waals surface area contributed by atoms with Crippen LogP contribution < -0.4 is 10.1 Å². The van der Waals surface area contributed by atoms with Crippen molar-refractivity contribution in [1.29, 1.82) is 0 Å². The average Bonchev–Trinajstić information content (AvgIpc) is 2.79. The number of nitrogens with one attached hydrogen (secondary N) is 2. The maximum atomic E-state index is 12.1. The lowest BCUT2D eigenvalue weighted by atomic mass is 10.1. The van der Waals surface area contributed by atoms with Crippen LogP contribution in [0.4, 0.5) is 5.69 Å². The standard InChI is InChI=1S/C14H17N3O2/c1-4-19-11-5-6-13(9(2)7-11)16-14(18)12-8-15-17-10(12)3/h5-8H,4H2,1-3H3,(H,15,17)(H,16,18). The van der Waals surface area contributed by atoms with Crippen molar-refractivity contribution in [3.63, 3.8) is 0 Å². The minimum atomic E-state index is -0.168. The van der Waals surface area contributed by atoms with Crippen LogP contribution in [0.25, 0.3) is 0 Å². The van der Waals surface area contributed by atoms with E-state index in [0.717, 1.165) is 22.7 Å². The fourth-order valence-corrected chi connectivity index (χ4v) is 1.80. The summed E-state index contributed by atoms with van der Waals surface area (Å²) in [5.74, 6) is 0.635. The van der Waals surface area contributed by atoms with Crippen molar-refractivity contribution in [3.05, 3.63) is 41.2 Å². The molecule has 1 heterocycles. The zero-order valence-corrected chi connectivity index (χ0v) is 11.3. The number of aryl methyl sites for hydroxylation is 2. The molecule has 0 aliphatic heterocycles. The number of rotatable bonds is 4. The highest BCUT2D eigenvalue weighted by atomic mass is 16.5. The molecule has 1 amide bonds. The summed E-state index contributed by atoms with van der Waals surface area (Å²) in [7, 11) is 0. The number of aromatic nitrogens is 2.